The molecular formula is C11H23Br. The summed E-state index contributed by atoms with van der Waals surface area (Å²) in [4.78, 5) is 0. The van der Waals surface area contributed by atoms with Crippen molar-refractivity contribution in [3.8, 4) is 0 Å². The fourth-order valence-corrected chi connectivity index (χ4v) is 3.42. The Kier molecular flexibility index (Phi) is 5.47. The zero-order valence-electron chi connectivity index (χ0n) is 9.15. The van der Waals surface area contributed by atoms with Crippen molar-refractivity contribution in [1.29, 1.82) is 0 Å². The molecule has 0 aliphatic rings. The number of halogens is 1. The normalized spacial score (nSPS) is 15.2. The van der Waals surface area contributed by atoms with Crippen LogP contribution in [0.4, 0.5) is 0 Å². The molecule has 0 aromatic rings. The van der Waals surface area contributed by atoms with Crippen LogP contribution < -0.4 is 0 Å². The lowest BCUT2D eigenvalue weighted by Gasteiger charge is -2.35. The first-order valence-corrected chi connectivity index (χ1v) is 6.15. The van der Waals surface area contributed by atoms with Crippen molar-refractivity contribution in [2.45, 2.75) is 47.5 Å². The van der Waals surface area contributed by atoms with E-state index in [1.807, 2.05) is 0 Å². The van der Waals surface area contributed by atoms with E-state index in [0.717, 1.165) is 17.2 Å². The van der Waals surface area contributed by atoms with Crippen LogP contribution in [0.1, 0.15) is 47.5 Å². The molecule has 0 radical (unpaired) electrons. The molecule has 74 valence electrons. The molecule has 12 heavy (non-hydrogen) atoms. The van der Waals surface area contributed by atoms with Gasteiger partial charge in [-0.15, -0.1) is 0 Å². The Morgan fingerprint density at radius 2 is 1.50 bits per heavy atom. The predicted octanol–water partition coefficient (Wildman–Crippen LogP) is 4.48. The lowest BCUT2D eigenvalue weighted by molar-refractivity contribution is 0.174. The zero-order chi connectivity index (χ0) is 9.78. The first kappa shape index (κ1) is 12.5. The zero-order valence-corrected chi connectivity index (χ0v) is 10.7. The molecule has 0 spiro atoms. The molecule has 0 aromatic carbocycles. The Hall–Kier alpha value is 0.480. The van der Waals surface area contributed by atoms with Gasteiger partial charge in [0.1, 0.15) is 0 Å². The van der Waals surface area contributed by atoms with E-state index in [-0.39, 0.29) is 0 Å². The molecule has 0 saturated carbocycles. The summed E-state index contributed by atoms with van der Waals surface area (Å²) in [5.74, 6) is 1.69. The molecule has 1 heteroatoms. The van der Waals surface area contributed by atoms with Gasteiger partial charge < -0.3 is 0 Å². The van der Waals surface area contributed by atoms with Crippen LogP contribution >= 0.6 is 15.9 Å². The minimum Gasteiger partial charge on any atom is -0.0925 e. The van der Waals surface area contributed by atoms with Gasteiger partial charge in [-0.25, -0.2) is 0 Å². The second kappa shape index (κ2) is 5.26. The second-order valence-electron chi connectivity index (χ2n) is 4.70. The van der Waals surface area contributed by atoms with E-state index < -0.39 is 0 Å². The fraction of sp³-hybridized carbons (Fsp3) is 1.00. The van der Waals surface area contributed by atoms with E-state index in [1.165, 1.54) is 12.8 Å². The Balaban J connectivity index is 4.31. The highest BCUT2D eigenvalue weighted by atomic mass is 79.9. The molecule has 0 bridgehead atoms. The highest BCUT2D eigenvalue weighted by molar-refractivity contribution is 9.09. The van der Waals surface area contributed by atoms with Crippen molar-refractivity contribution in [3.63, 3.8) is 0 Å². The average Bonchev–Trinajstić information content (AvgIpc) is 1.97. The van der Waals surface area contributed by atoms with E-state index in [9.17, 15) is 0 Å². The summed E-state index contributed by atoms with van der Waals surface area (Å²) in [6.45, 7) is 11.6. The molecule has 0 amide bonds. The largest absolute Gasteiger partial charge is 0.0925 e. The summed E-state index contributed by atoms with van der Waals surface area (Å²) < 4.78 is 0. The number of alkyl halides is 1. The molecule has 0 rings (SSSR count). The van der Waals surface area contributed by atoms with Gasteiger partial charge in [-0.1, -0.05) is 63.4 Å². The Morgan fingerprint density at radius 3 is 1.58 bits per heavy atom. The summed E-state index contributed by atoms with van der Waals surface area (Å²) in [5.41, 5.74) is 0.445. The van der Waals surface area contributed by atoms with E-state index in [0.29, 0.717) is 5.41 Å². The first-order chi connectivity index (χ1) is 5.47. The van der Waals surface area contributed by atoms with E-state index >= 15 is 0 Å². The van der Waals surface area contributed by atoms with Gasteiger partial charge in [0.05, 0.1) is 0 Å². The Morgan fingerprint density at radius 1 is 1.08 bits per heavy atom. The lowest BCUT2D eigenvalue weighted by atomic mass is 9.72. The van der Waals surface area contributed by atoms with E-state index in [2.05, 4.69) is 50.5 Å². The SMILES string of the molecule is CCC(CC)C(CBr)C(C)(C)C. The van der Waals surface area contributed by atoms with Gasteiger partial charge in [-0.05, 0) is 17.3 Å². The summed E-state index contributed by atoms with van der Waals surface area (Å²) >= 11 is 3.63. The van der Waals surface area contributed by atoms with Crippen molar-refractivity contribution in [2.24, 2.45) is 17.3 Å². The molecule has 0 heterocycles. The molecule has 0 N–H and O–H groups in total. The second-order valence-corrected chi connectivity index (χ2v) is 5.35. The van der Waals surface area contributed by atoms with Crippen LogP contribution in [0.5, 0.6) is 0 Å². The number of rotatable bonds is 4. The third kappa shape index (κ3) is 3.47. The molecule has 0 nitrogen and oxygen atoms in total. The topological polar surface area (TPSA) is 0 Å². The van der Waals surface area contributed by atoms with Gasteiger partial charge in [0.2, 0.25) is 0 Å². The number of hydrogen-bond donors (Lipinski definition) is 0. The first-order valence-electron chi connectivity index (χ1n) is 5.03. The molecule has 1 atom stereocenters. The minimum atomic E-state index is 0.445. The van der Waals surface area contributed by atoms with Crippen LogP contribution in [0.3, 0.4) is 0 Å². The van der Waals surface area contributed by atoms with Crippen LogP contribution in [0, 0.1) is 17.3 Å². The minimum absolute atomic E-state index is 0.445. The Bertz CT molecular complexity index is 109. The molecule has 0 saturated heterocycles. The van der Waals surface area contributed by atoms with Crippen molar-refractivity contribution in [3.05, 3.63) is 0 Å². The van der Waals surface area contributed by atoms with Crippen LogP contribution in [0.2, 0.25) is 0 Å². The van der Waals surface area contributed by atoms with Crippen molar-refractivity contribution in [1.82, 2.24) is 0 Å². The van der Waals surface area contributed by atoms with Crippen molar-refractivity contribution in [2.75, 3.05) is 5.33 Å². The van der Waals surface area contributed by atoms with E-state index in [1.54, 1.807) is 0 Å². The molecular weight excluding hydrogens is 212 g/mol. The summed E-state index contributed by atoms with van der Waals surface area (Å²) in [6.07, 6.45) is 2.62. The highest BCUT2D eigenvalue weighted by Gasteiger charge is 2.28. The van der Waals surface area contributed by atoms with Crippen molar-refractivity contribution < 1.29 is 0 Å². The third-order valence-corrected chi connectivity index (χ3v) is 3.59. The van der Waals surface area contributed by atoms with Crippen LogP contribution in [-0.2, 0) is 0 Å². The highest BCUT2D eigenvalue weighted by Crippen LogP contribution is 2.36. The quantitative estimate of drug-likeness (QED) is 0.630. The van der Waals surface area contributed by atoms with Gasteiger partial charge in [0, 0.05) is 5.33 Å². The molecule has 0 aliphatic carbocycles. The molecule has 1 unspecified atom stereocenters. The lowest BCUT2D eigenvalue weighted by Crippen LogP contribution is -2.29. The maximum Gasteiger partial charge on any atom is 0.00673 e. The standard InChI is InChI=1S/C11H23Br/c1-6-9(7-2)10(8-12)11(3,4)5/h9-10H,6-8H2,1-5H3. The van der Waals surface area contributed by atoms with Gasteiger partial charge in [0.25, 0.3) is 0 Å². The molecule has 0 aliphatic heterocycles. The Labute approximate surface area is 86.3 Å². The predicted molar refractivity (Wildman–Crippen MR) is 60.8 cm³/mol. The monoisotopic (exact) mass is 234 g/mol. The van der Waals surface area contributed by atoms with Gasteiger partial charge in [-0.2, -0.15) is 0 Å². The maximum absolute atomic E-state index is 3.63. The summed E-state index contributed by atoms with van der Waals surface area (Å²) in [6, 6.07) is 0. The smallest absolute Gasteiger partial charge is 0.00673 e. The summed E-state index contributed by atoms with van der Waals surface area (Å²) in [5, 5.41) is 1.14. The maximum atomic E-state index is 3.63. The summed E-state index contributed by atoms with van der Waals surface area (Å²) in [7, 11) is 0. The van der Waals surface area contributed by atoms with Gasteiger partial charge in [-0.3, -0.25) is 0 Å². The van der Waals surface area contributed by atoms with Crippen LogP contribution in [0.25, 0.3) is 0 Å². The van der Waals surface area contributed by atoms with Crippen molar-refractivity contribution >= 4 is 15.9 Å². The van der Waals surface area contributed by atoms with Gasteiger partial charge in [0.15, 0.2) is 0 Å². The van der Waals surface area contributed by atoms with Crippen LogP contribution in [-0.4, -0.2) is 5.33 Å². The van der Waals surface area contributed by atoms with Gasteiger partial charge >= 0.3 is 0 Å². The number of hydrogen-bond acceptors (Lipinski definition) is 0. The average molecular weight is 235 g/mol. The third-order valence-electron chi connectivity index (χ3n) is 2.90. The fourth-order valence-electron chi connectivity index (χ4n) is 1.92. The van der Waals surface area contributed by atoms with E-state index in [4.69, 9.17) is 0 Å². The molecule has 0 fully saturated rings. The molecule has 0 aromatic heterocycles. The van der Waals surface area contributed by atoms with Crippen LogP contribution in [0.15, 0.2) is 0 Å².